The summed E-state index contributed by atoms with van der Waals surface area (Å²) in [5.74, 6) is 1.45. The molecule has 0 fully saturated rings. The Morgan fingerprint density at radius 3 is 2.85 bits per heavy atom. The van der Waals surface area contributed by atoms with E-state index in [-0.39, 0.29) is 5.92 Å². The highest BCUT2D eigenvalue weighted by Crippen LogP contribution is 2.35. The van der Waals surface area contributed by atoms with Crippen LogP contribution in [0.25, 0.3) is 0 Å². The molecule has 0 N–H and O–H groups in total. The maximum atomic E-state index is 10.9. The molecule has 0 aromatic heterocycles. The maximum absolute atomic E-state index is 10.9. The molecule has 1 nitrogen and oxygen atoms in total. The SMILES string of the molecule is CCCC1C(C)C=C(C)CC1C=O. The summed E-state index contributed by atoms with van der Waals surface area (Å²) < 4.78 is 0. The van der Waals surface area contributed by atoms with Crippen molar-refractivity contribution < 1.29 is 4.79 Å². The molecule has 0 spiro atoms. The van der Waals surface area contributed by atoms with E-state index in [9.17, 15) is 4.79 Å². The zero-order valence-electron chi connectivity index (χ0n) is 8.92. The van der Waals surface area contributed by atoms with Gasteiger partial charge in [0.05, 0.1) is 0 Å². The third kappa shape index (κ3) is 2.43. The Labute approximate surface area is 81.2 Å². The monoisotopic (exact) mass is 180 g/mol. The number of allylic oxidation sites excluding steroid dienone is 2. The second kappa shape index (κ2) is 4.59. The lowest BCUT2D eigenvalue weighted by Crippen LogP contribution is -2.26. The molecule has 1 rings (SSSR count). The van der Waals surface area contributed by atoms with Gasteiger partial charge in [-0.25, -0.2) is 0 Å². The topological polar surface area (TPSA) is 17.1 Å². The van der Waals surface area contributed by atoms with Crippen LogP contribution in [-0.2, 0) is 4.79 Å². The first-order valence-corrected chi connectivity index (χ1v) is 5.31. The Balaban J connectivity index is 2.72. The fourth-order valence-electron chi connectivity index (χ4n) is 2.51. The van der Waals surface area contributed by atoms with Gasteiger partial charge in [-0.15, -0.1) is 0 Å². The Kier molecular flexibility index (Phi) is 3.71. The van der Waals surface area contributed by atoms with Gasteiger partial charge in [0, 0.05) is 5.92 Å². The van der Waals surface area contributed by atoms with Gasteiger partial charge < -0.3 is 4.79 Å². The lowest BCUT2D eigenvalue weighted by atomic mass is 9.73. The van der Waals surface area contributed by atoms with Gasteiger partial charge in [-0.3, -0.25) is 0 Å². The van der Waals surface area contributed by atoms with E-state index >= 15 is 0 Å². The maximum Gasteiger partial charge on any atom is 0.123 e. The molecule has 0 aromatic carbocycles. The van der Waals surface area contributed by atoms with E-state index in [0.29, 0.717) is 11.8 Å². The molecule has 0 aromatic rings. The zero-order chi connectivity index (χ0) is 9.84. The molecule has 0 aliphatic heterocycles. The standard InChI is InChI=1S/C12H20O/c1-4-5-12-10(3)6-9(2)7-11(12)8-13/h6,8,10-12H,4-5,7H2,1-3H3. The molecule has 3 atom stereocenters. The number of hydrogen-bond acceptors (Lipinski definition) is 1. The highest BCUT2D eigenvalue weighted by atomic mass is 16.1. The third-order valence-corrected chi connectivity index (χ3v) is 3.13. The van der Waals surface area contributed by atoms with Crippen LogP contribution in [0.5, 0.6) is 0 Å². The van der Waals surface area contributed by atoms with Gasteiger partial charge in [-0.1, -0.05) is 31.9 Å². The average Bonchev–Trinajstić information content (AvgIpc) is 2.09. The molecule has 0 heterocycles. The van der Waals surface area contributed by atoms with Crippen LogP contribution in [-0.4, -0.2) is 6.29 Å². The van der Waals surface area contributed by atoms with E-state index in [1.165, 1.54) is 18.4 Å². The van der Waals surface area contributed by atoms with Crippen LogP contribution in [0.2, 0.25) is 0 Å². The molecular weight excluding hydrogens is 160 g/mol. The Morgan fingerprint density at radius 1 is 1.62 bits per heavy atom. The van der Waals surface area contributed by atoms with Gasteiger partial charge in [0.25, 0.3) is 0 Å². The molecule has 13 heavy (non-hydrogen) atoms. The largest absolute Gasteiger partial charge is 0.303 e. The minimum absolute atomic E-state index is 0.278. The second-order valence-corrected chi connectivity index (χ2v) is 4.33. The fraction of sp³-hybridized carbons (Fsp3) is 0.750. The molecule has 1 heteroatoms. The van der Waals surface area contributed by atoms with Crippen LogP contribution in [0.4, 0.5) is 0 Å². The van der Waals surface area contributed by atoms with Gasteiger partial charge in [0.1, 0.15) is 6.29 Å². The summed E-state index contributed by atoms with van der Waals surface area (Å²) in [7, 11) is 0. The molecule has 1 aliphatic rings. The summed E-state index contributed by atoms with van der Waals surface area (Å²) in [5.41, 5.74) is 1.39. The van der Waals surface area contributed by atoms with E-state index in [1.807, 2.05) is 0 Å². The van der Waals surface area contributed by atoms with Crippen molar-refractivity contribution in [3.8, 4) is 0 Å². The van der Waals surface area contributed by atoms with Crippen molar-refractivity contribution in [3.05, 3.63) is 11.6 Å². The predicted octanol–water partition coefficient (Wildman–Crippen LogP) is 3.20. The summed E-state index contributed by atoms with van der Waals surface area (Å²) in [6.07, 6.45) is 6.85. The lowest BCUT2D eigenvalue weighted by molar-refractivity contribution is -0.113. The summed E-state index contributed by atoms with van der Waals surface area (Å²) in [6.45, 7) is 6.56. The number of carbonyl (C=O) groups excluding carboxylic acids is 1. The van der Waals surface area contributed by atoms with Crippen LogP contribution in [0, 0.1) is 17.8 Å². The minimum atomic E-state index is 0.278. The van der Waals surface area contributed by atoms with E-state index in [2.05, 4.69) is 26.8 Å². The van der Waals surface area contributed by atoms with Gasteiger partial charge in [0.2, 0.25) is 0 Å². The minimum Gasteiger partial charge on any atom is -0.303 e. The van der Waals surface area contributed by atoms with Crippen LogP contribution in [0.3, 0.4) is 0 Å². The molecule has 74 valence electrons. The van der Waals surface area contributed by atoms with Crippen molar-refractivity contribution in [1.29, 1.82) is 0 Å². The van der Waals surface area contributed by atoms with Crippen LogP contribution < -0.4 is 0 Å². The van der Waals surface area contributed by atoms with Crippen molar-refractivity contribution in [1.82, 2.24) is 0 Å². The average molecular weight is 180 g/mol. The summed E-state index contributed by atoms with van der Waals surface area (Å²) in [4.78, 5) is 10.9. The molecule has 0 saturated carbocycles. The number of carbonyl (C=O) groups is 1. The lowest BCUT2D eigenvalue weighted by Gasteiger charge is -2.31. The number of rotatable bonds is 3. The molecule has 3 unspecified atom stereocenters. The number of aldehydes is 1. The smallest absolute Gasteiger partial charge is 0.123 e. The predicted molar refractivity (Wildman–Crippen MR) is 55.5 cm³/mol. The number of hydrogen-bond donors (Lipinski definition) is 0. The molecular formula is C12H20O. The highest BCUT2D eigenvalue weighted by Gasteiger charge is 2.28. The van der Waals surface area contributed by atoms with E-state index in [0.717, 1.165) is 12.7 Å². The summed E-state index contributed by atoms with van der Waals surface area (Å²) in [6, 6.07) is 0. The third-order valence-electron chi connectivity index (χ3n) is 3.13. The van der Waals surface area contributed by atoms with Crippen LogP contribution in [0.1, 0.15) is 40.0 Å². The van der Waals surface area contributed by atoms with Gasteiger partial charge >= 0.3 is 0 Å². The first-order valence-electron chi connectivity index (χ1n) is 5.31. The quantitative estimate of drug-likeness (QED) is 0.481. The van der Waals surface area contributed by atoms with Crippen molar-refractivity contribution in [2.75, 3.05) is 0 Å². The molecule has 0 bridgehead atoms. The van der Waals surface area contributed by atoms with Crippen LogP contribution >= 0.6 is 0 Å². The van der Waals surface area contributed by atoms with Crippen molar-refractivity contribution in [2.45, 2.75) is 40.0 Å². The first kappa shape index (κ1) is 10.5. The summed E-state index contributed by atoms with van der Waals surface area (Å²) >= 11 is 0. The normalized spacial score (nSPS) is 34.1. The van der Waals surface area contributed by atoms with Crippen molar-refractivity contribution in [2.24, 2.45) is 17.8 Å². The molecule has 0 amide bonds. The van der Waals surface area contributed by atoms with Gasteiger partial charge in [0.15, 0.2) is 0 Å². The molecule has 0 saturated heterocycles. The Bertz CT molecular complexity index is 205. The van der Waals surface area contributed by atoms with E-state index < -0.39 is 0 Å². The Hall–Kier alpha value is -0.590. The second-order valence-electron chi connectivity index (χ2n) is 4.33. The van der Waals surface area contributed by atoms with Crippen molar-refractivity contribution >= 4 is 6.29 Å². The highest BCUT2D eigenvalue weighted by molar-refractivity contribution is 5.55. The summed E-state index contributed by atoms with van der Waals surface area (Å²) in [5, 5.41) is 0. The molecule has 1 aliphatic carbocycles. The van der Waals surface area contributed by atoms with Crippen LogP contribution in [0.15, 0.2) is 11.6 Å². The zero-order valence-corrected chi connectivity index (χ0v) is 8.92. The van der Waals surface area contributed by atoms with Gasteiger partial charge in [-0.05, 0) is 31.6 Å². The van der Waals surface area contributed by atoms with Crippen molar-refractivity contribution in [3.63, 3.8) is 0 Å². The van der Waals surface area contributed by atoms with E-state index in [1.54, 1.807) is 0 Å². The Morgan fingerprint density at radius 2 is 2.31 bits per heavy atom. The van der Waals surface area contributed by atoms with Gasteiger partial charge in [-0.2, -0.15) is 0 Å². The van der Waals surface area contributed by atoms with E-state index in [4.69, 9.17) is 0 Å². The molecule has 0 radical (unpaired) electrons. The fourth-order valence-corrected chi connectivity index (χ4v) is 2.51. The first-order chi connectivity index (χ1) is 6.19.